The largest absolute Gasteiger partial charge is 0.310 e. The molecular formula is C18H30FN. The van der Waals surface area contributed by atoms with Gasteiger partial charge in [-0.15, -0.1) is 0 Å². The normalized spacial score (nSPS) is 12.6. The molecule has 0 fully saturated rings. The number of rotatable bonds is 10. The van der Waals surface area contributed by atoms with E-state index < -0.39 is 0 Å². The van der Waals surface area contributed by atoms with E-state index in [9.17, 15) is 4.39 Å². The minimum atomic E-state index is -0.0715. The van der Waals surface area contributed by atoms with Crippen LogP contribution in [0.2, 0.25) is 0 Å². The molecule has 1 atom stereocenters. The Hall–Kier alpha value is -0.890. The third kappa shape index (κ3) is 6.04. The maximum absolute atomic E-state index is 14.0. The van der Waals surface area contributed by atoms with Crippen LogP contribution in [-0.4, -0.2) is 6.54 Å². The Morgan fingerprint density at radius 3 is 2.50 bits per heavy atom. The molecular weight excluding hydrogens is 249 g/mol. The molecule has 1 rings (SSSR count). The SMILES string of the molecule is CCCCCCCC(NCCC)c1cc(C)ccc1F. The number of aryl methyl sites for hydroxylation is 1. The first-order chi connectivity index (χ1) is 9.69. The Kier molecular flexibility index (Phi) is 8.52. The van der Waals surface area contributed by atoms with Gasteiger partial charge in [0.2, 0.25) is 0 Å². The summed E-state index contributed by atoms with van der Waals surface area (Å²) in [4.78, 5) is 0. The topological polar surface area (TPSA) is 12.0 Å². The second-order valence-corrected chi connectivity index (χ2v) is 5.73. The van der Waals surface area contributed by atoms with Crippen molar-refractivity contribution in [2.45, 2.75) is 71.8 Å². The average Bonchev–Trinajstić information content (AvgIpc) is 2.45. The quantitative estimate of drug-likeness (QED) is 0.555. The van der Waals surface area contributed by atoms with Crippen LogP contribution in [-0.2, 0) is 0 Å². The van der Waals surface area contributed by atoms with Crippen molar-refractivity contribution in [2.24, 2.45) is 0 Å². The Labute approximate surface area is 124 Å². The molecule has 20 heavy (non-hydrogen) atoms. The van der Waals surface area contributed by atoms with Gasteiger partial charge >= 0.3 is 0 Å². The van der Waals surface area contributed by atoms with Gasteiger partial charge < -0.3 is 5.32 Å². The number of nitrogens with one attached hydrogen (secondary N) is 1. The molecule has 0 aliphatic carbocycles. The number of unbranched alkanes of at least 4 members (excludes halogenated alkanes) is 4. The predicted molar refractivity (Wildman–Crippen MR) is 85.5 cm³/mol. The Balaban J connectivity index is 2.60. The van der Waals surface area contributed by atoms with Gasteiger partial charge in [-0.2, -0.15) is 0 Å². The van der Waals surface area contributed by atoms with Crippen molar-refractivity contribution in [3.05, 3.63) is 35.1 Å². The van der Waals surface area contributed by atoms with Crippen molar-refractivity contribution in [1.82, 2.24) is 5.32 Å². The molecule has 1 aromatic carbocycles. The standard InChI is InChI=1S/C18H30FN/c1-4-6-7-8-9-10-18(20-13-5-2)16-14-15(3)11-12-17(16)19/h11-12,14,18,20H,4-10,13H2,1-3H3. The van der Waals surface area contributed by atoms with Gasteiger partial charge in [0.25, 0.3) is 0 Å². The molecule has 0 aliphatic heterocycles. The number of benzene rings is 1. The molecule has 0 saturated carbocycles. The molecule has 0 amide bonds. The van der Waals surface area contributed by atoms with E-state index in [1.54, 1.807) is 6.07 Å². The second-order valence-electron chi connectivity index (χ2n) is 5.73. The molecule has 1 unspecified atom stereocenters. The van der Waals surface area contributed by atoms with Crippen molar-refractivity contribution in [2.75, 3.05) is 6.54 Å². The molecule has 1 N–H and O–H groups in total. The lowest BCUT2D eigenvalue weighted by Gasteiger charge is -2.20. The maximum atomic E-state index is 14.0. The van der Waals surface area contributed by atoms with Gasteiger partial charge in [0.05, 0.1) is 0 Å². The summed E-state index contributed by atoms with van der Waals surface area (Å²) in [5.74, 6) is -0.0715. The van der Waals surface area contributed by atoms with E-state index in [2.05, 4.69) is 19.2 Å². The van der Waals surface area contributed by atoms with E-state index in [0.717, 1.165) is 30.5 Å². The van der Waals surface area contributed by atoms with Crippen molar-refractivity contribution in [3.63, 3.8) is 0 Å². The molecule has 114 valence electrons. The third-order valence-corrected chi connectivity index (χ3v) is 3.76. The maximum Gasteiger partial charge on any atom is 0.127 e. The molecule has 0 spiro atoms. The van der Waals surface area contributed by atoms with E-state index in [0.29, 0.717) is 0 Å². The predicted octanol–water partition coefficient (Wildman–Crippen LogP) is 5.54. The molecule has 0 aliphatic rings. The van der Waals surface area contributed by atoms with Gasteiger partial charge in [-0.3, -0.25) is 0 Å². The fourth-order valence-electron chi connectivity index (χ4n) is 2.57. The third-order valence-electron chi connectivity index (χ3n) is 3.76. The van der Waals surface area contributed by atoms with Gasteiger partial charge in [-0.1, -0.05) is 63.6 Å². The minimum absolute atomic E-state index is 0.0715. The molecule has 0 radical (unpaired) electrons. The fraction of sp³-hybridized carbons (Fsp3) is 0.667. The highest BCUT2D eigenvalue weighted by Gasteiger charge is 2.14. The summed E-state index contributed by atoms with van der Waals surface area (Å²) in [6.45, 7) is 7.36. The van der Waals surface area contributed by atoms with Crippen molar-refractivity contribution in [3.8, 4) is 0 Å². The molecule has 2 heteroatoms. The number of hydrogen-bond donors (Lipinski definition) is 1. The summed E-state index contributed by atoms with van der Waals surface area (Å²) < 4.78 is 14.0. The summed E-state index contributed by atoms with van der Waals surface area (Å²) in [6, 6.07) is 5.60. The van der Waals surface area contributed by atoms with Crippen LogP contribution in [0.15, 0.2) is 18.2 Å². The van der Waals surface area contributed by atoms with Crippen LogP contribution < -0.4 is 5.32 Å². The van der Waals surface area contributed by atoms with Crippen molar-refractivity contribution >= 4 is 0 Å². The average molecular weight is 279 g/mol. The lowest BCUT2D eigenvalue weighted by Crippen LogP contribution is -2.23. The van der Waals surface area contributed by atoms with Crippen LogP contribution in [0.5, 0.6) is 0 Å². The van der Waals surface area contributed by atoms with Crippen LogP contribution in [0.4, 0.5) is 4.39 Å². The summed E-state index contributed by atoms with van der Waals surface area (Å²) >= 11 is 0. The summed E-state index contributed by atoms with van der Waals surface area (Å²) in [5.41, 5.74) is 1.98. The first kappa shape index (κ1) is 17.2. The lowest BCUT2D eigenvalue weighted by atomic mass is 9.97. The van der Waals surface area contributed by atoms with Gasteiger partial charge in [0.1, 0.15) is 5.82 Å². The summed E-state index contributed by atoms with van der Waals surface area (Å²) in [6.07, 6.45) is 8.42. The Morgan fingerprint density at radius 1 is 1.05 bits per heavy atom. The van der Waals surface area contributed by atoms with Crippen LogP contribution in [0.1, 0.15) is 76.0 Å². The Morgan fingerprint density at radius 2 is 1.80 bits per heavy atom. The van der Waals surface area contributed by atoms with Crippen molar-refractivity contribution in [1.29, 1.82) is 0 Å². The number of hydrogen-bond acceptors (Lipinski definition) is 1. The van der Waals surface area contributed by atoms with E-state index in [-0.39, 0.29) is 11.9 Å². The van der Waals surface area contributed by atoms with Gasteiger partial charge in [-0.05, 0) is 32.4 Å². The van der Waals surface area contributed by atoms with Gasteiger partial charge in [0, 0.05) is 11.6 Å². The zero-order valence-corrected chi connectivity index (χ0v) is 13.3. The Bertz CT molecular complexity index is 376. The first-order valence-corrected chi connectivity index (χ1v) is 8.18. The highest BCUT2D eigenvalue weighted by Crippen LogP contribution is 2.24. The molecule has 0 saturated heterocycles. The lowest BCUT2D eigenvalue weighted by molar-refractivity contribution is 0.449. The zero-order chi connectivity index (χ0) is 14.8. The highest BCUT2D eigenvalue weighted by atomic mass is 19.1. The summed E-state index contributed by atoms with van der Waals surface area (Å²) in [5, 5.41) is 3.50. The van der Waals surface area contributed by atoms with Gasteiger partial charge in [-0.25, -0.2) is 4.39 Å². The molecule has 1 aromatic rings. The highest BCUT2D eigenvalue weighted by molar-refractivity contribution is 5.26. The monoisotopic (exact) mass is 279 g/mol. The molecule has 0 heterocycles. The van der Waals surface area contributed by atoms with Crippen LogP contribution >= 0.6 is 0 Å². The molecule has 0 aromatic heterocycles. The van der Waals surface area contributed by atoms with Crippen LogP contribution in [0.3, 0.4) is 0 Å². The summed E-state index contributed by atoms with van der Waals surface area (Å²) in [7, 11) is 0. The van der Waals surface area contributed by atoms with E-state index in [1.165, 1.54) is 32.1 Å². The van der Waals surface area contributed by atoms with Crippen molar-refractivity contribution < 1.29 is 4.39 Å². The van der Waals surface area contributed by atoms with Gasteiger partial charge in [0.15, 0.2) is 0 Å². The van der Waals surface area contributed by atoms with E-state index in [1.807, 2.05) is 19.1 Å². The molecule has 1 nitrogen and oxygen atoms in total. The minimum Gasteiger partial charge on any atom is -0.310 e. The smallest absolute Gasteiger partial charge is 0.127 e. The zero-order valence-electron chi connectivity index (χ0n) is 13.3. The van der Waals surface area contributed by atoms with Crippen LogP contribution in [0, 0.1) is 12.7 Å². The number of halogens is 1. The van der Waals surface area contributed by atoms with E-state index in [4.69, 9.17) is 0 Å². The first-order valence-electron chi connectivity index (χ1n) is 8.18. The molecule has 0 bridgehead atoms. The second kappa shape index (κ2) is 9.93. The van der Waals surface area contributed by atoms with Crippen LogP contribution in [0.25, 0.3) is 0 Å². The fourth-order valence-corrected chi connectivity index (χ4v) is 2.57. The van der Waals surface area contributed by atoms with E-state index >= 15 is 0 Å².